The molecule has 0 atom stereocenters. The first-order valence-electron chi connectivity index (χ1n) is 5.64. The van der Waals surface area contributed by atoms with Crippen LogP contribution in [0.5, 0.6) is 0 Å². The predicted octanol–water partition coefficient (Wildman–Crippen LogP) is 2.81. The van der Waals surface area contributed by atoms with E-state index in [0.29, 0.717) is 5.58 Å². The first kappa shape index (κ1) is 11.5. The van der Waals surface area contributed by atoms with Crippen LogP contribution in [-0.2, 0) is 0 Å². The van der Waals surface area contributed by atoms with E-state index in [1.165, 1.54) is 6.07 Å². The lowest BCUT2D eigenvalue weighted by Crippen LogP contribution is -2.22. The minimum absolute atomic E-state index is 0.316. The summed E-state index contributed by atoms with van der Waals surface area (Å²) in [6, 6.07) is 9.03. The Morgan fingerprint density at radius 3 is 2.88 bits per heavy atom. The highest BCUT2D eigenvalue weighted by atomic mass is 16.4. The van der Waals surface area contributed by atoms with Crippen molar-refractivity contribution < 1.29 is 4.42 Å². The molecule has 0 aliphatic heterocycles. The van der Waals surface area contributed by atoms with E-state index in [1.54, 1.807) is 6.07 Å². The van der Waals surface area contributed by atoms with Gasteiger partial charge < -0.3 is 9.32 Å². The van der Waals surface area contributed by atoms with E-state index in [-0.39, 0.29) is 5.63 Å². The summed E-state index contributed by atoms with van der Waals surface area (Å²) >= 11 is 0. The van der Waals surface area contributed by atoms with Crippen LogP contribution in [0.1, 0.15) is 6.92 Å². The van der Waals surface area contributed by atoms with Gasteiger partial charge in [0.25, 0.3) is 0 Å². The Morgan fingerprint density at radius 1 is 1.35 bits per heavy atom. The van der Waals surface area contributed by atoms with Crippen molar-refractivity contribution in [3.05, 3.63) is 53.4 Å². The number of likely N-dealkylation sites (N-methyl/N-ethyl adjacent to an activating group) is 1. The predicted molar refractivity (Wildman–Crippen MR) is 70.6 cm³/mol. The topological polar surface area (TPSA) is 33.5 Å². The molecule has 0 spiro atoms. The van der Waals surface area contributed by atoms with Gasteiger partial charge in [0.15, 0.2) is 0 Å². The van der Waals surface area contributed by atoms with Crippen molar-refractivity contribution in [2.24, 2.45) is 0 Å². The molecule has 0 unspecified atom stereocenters. The lowest BCUT2D eigenvalue weighted by Gasteiger charge is -2.21. The van der Waals surface area contributed by atoms with E-state index < -0.39 is 0 Å². The molecule has 0 radical (unpaired) electrons. The lowest BCUT2D eigenvalue weighted by atomic mass is 10.2. The van der Waals surface area contributed by atoms with Gasteiger partial charge in [-0.1, -0.05) is 6.08 Å². The Morgan fingerprint density at radius 2 is 2.18 bits per heavy atom. The molecule has 17 heavy (non-hydrogen) atoms. The summed E-state index contributed by atoms with van der Waals surface area (Å²) in [5.41, 5.74) is 1.41. The van der Waals surface area contributed by atoms with Crippen LogP contribution in [0.15, 0.2) is 52.2 Å². The van der Waals surface area contributed by atoms with Crippen LogP contribution >= 0.6 is 0 Å². The van der Waals surface area contributed by atoms with Crippen molar-refractivity contribution in [1.82, 2.24) is 0 Å². The van der Waals surface area contributed by atoms with Gasteiger partial charge in [-0.05, 0) is 31.2 Å². The fourth-order valence-electron chi connectivity index (χ4n) is 1.83. The van der Waals surface area contributed by atoms with Gasteiger partial charge in [-0.25, -0.2) is 4.79 Å². The summed E-state index contributed by atoms with van der Waals surface area (Å²) in [5, 5.41) is 0.935. The molecule has 0 amide bonds. The van der Waals surface area contributed by atoms with E-state index in [4.69, 9.17) is 4.42 Å². The van der Waals surface area contributed by atoms with Crippen LogP contribution in [0.25, 0.3) is 11.0 Å². The Hall–Kier alpha value is -2.03. The average molecular weight is 229 g/mol. The molecule has 3 nitrogen and oxygen atoms in total. The molecule has 88 valence electrons. The molecule has 0 N–H and O–H groups in total. The van der Waals surface area contributed by atoms with Crippen molar-refractivity contribution in [1.29, 1.82) is 0 Å². The highest BCUT2D eigenvalue weighted by Gasteiger charge is 2.04. The molecular weight excluding hydrogens is 214 g/mol. The Balaban J connectivity index is 2.46. The number of benzene rings is 1. The summed E-state index contributed by atoms with van der Waals surface area (Å²) in [6.07, 6.45) is 1.87. The van der Waals surface area contributed by atoms with Crippen molar-refractivity contribution in [3.8, 4) is 0 Å². The van der Waals surface area contributed by atoms with Crippen molar-refractivity contribution in [3.63, 3.8) is 0 Å². The first-order chi connectivity index (χ1) is 8.24. The van der Waals surface area contributed by atoms with E-state index in [1.807, 2.05) is 24.3 Å². The molecule has 1 aromatic carbocycles. The number of nitrogens with zero attached hydrogens (tertiary/aromatic N) is 1. The van der Waals surface area contributed by atoms with Gasteiger partial charge in [0.2, 0.25) is 0 Å². The van der Waals surface area contributed by atoms with Gasteiger partial charge in [-0.15, -0.1) is 6.58 Å². The van der Waals surface area contributed by atoms with E-state index >= 15 is 0 Å². The zero-order chi connectivity index (χ0) is 12.3. The zero-order valence-corrected chi connectivity index (χ0v) is 9.85. The second kappa shape index (κ2) is 4.87. The highest BCUT2D eigenvalue weighted by Crippen LogP contribution is 2.20. The fourth-order valence-corrected chi connectivity index (χ4v) is 1.83. The Labute approximate surface area is 100.0 Å². The maximum atomic E-state index is 11.1. The number of fused-ring (bicyclic) bond motifs is 1. The van der Waals surface area contributed by atoms with Crippen molar-refractivity contribution in [2.45, 2.75) is 6.92 Å². The third kappa shape index (κ3) is 2.38. The second-order valence-corrected chi connectivity index (χ2v) is 3.80. The van der Waals surface area contributed by atoms with Crippen molar-refractivity contribution >= 4 is 16.7 Å². The molecule has 0 bridgehead atoms. The molecule has 0 fully saturated rings. The smallest absolute Gasteiger partial charge is 0.336 e. The fraction of sp³-hybridized carbons (Fsp3) is 0.214. The van der Waals surface area contributed by atoms with E-state index in [2.05, 4.69) is 18.4 Å². The number of hydrogen-bond acceptors (Lipinski definition) is 3. The monoisotopic (exact) mass is 229 g/mol. The van der Waals surface area contributed by atoms with E-state index in [0.717, 1.165) is 24.2 Å². The Bertz CT molecular complexity index is 586. The van der Waals surface area contributed by atoms with Crippen LogP contribution in [0, 0.1) is 0 Å². The largest absolute Gasteiger partial charge is 0.423 e. The summed E-state index contributed by atoms with van der Waals surface area (Å²) in [4.78, 5) is 13.3. The lowest BCUT2D eigenvalue weighted by molar-refractivity contribution is 0.561. The third-order valence-electron chi connectivity index (χ3n) is 2.70. The quantitative estimate of drug-likeness (QED) is 0.597. The molecule has 2 rings (SSSR count). The standard InChI is InChI=1S/C14H15NO2/c1-3-9-15(4-2)12-6-7-13-11(10-12)5-8-14(16)17-13/h3,5-8,10H,1,4,9H2,2H3. The minimum atomic E-state index is -0.316. The van der Waals surface area contributed by atoms with Crippen LogP contribution in [-0.4, -0.2) is 13.1 Å². The van der Waals surface area contributed by atoms with Gasteiger partial charge >= 0.3 is 5.63 Å². The molecule has 3 heteroatoms. The summed E-state index contributed by atoms with van der Waals surface area (Å²) in [5.74, 6) is 0. The average Bonchev–Trinajstić information content (AvgIpc) is 2.35. The molecule has 0 saturated heterocycles. The van der Waals surface area contributed by atoms with Crippen molar-refractivity contribution in [2.75, 3.05) is 18.0 Å². The minimum Gasteiger partial charge on any atom is -0.423 e. The van der Waals surface area contributed by atoms with Gasteiger partial charge in [0.1, 0.15) is 5.58 Å². The zero-order valence-electron chi connectivity index (χ0n) is 9.85. The third-order valence-corrected chi connectivity index (χ3v) is 2.70. The number of rotatable bonds is 4. The summed E-state index contributed by atoms with van der Waals surface area (Å²) < 4.78 is 5.10. The van der Waals surface area contributed by atoms with Gasteiger partial charge in [0.05, 0.1) is 0 Å². The number of hydrogen-bond donors (Lipinski definition) is 0. The summed E-state index contributed by atoms with van der Waals surface area (Å²) in [6.45, 7) is 7.56. The molecule has 2 aromatic rings. The molecular formula is C14H15NO2. The van der Waals surface area contributed by atoms with E-state index in [9.17, 15) is 4.79 Å². The second-order valence-electron chi connectivity index (χ2n) is 3.80. The SMILES string of the molecule is C=CCN(CC)c1ccc2oc(=O)ccc2c1. The van der Waals surface area contributed by atoms with Crippen LogP contribution in [0.3, 0.4) is 0 Å². The van der Waals surface area contributed by atoms with Gasteiger partial charge in [-0.3, -0.25) is 0 Å². The molecule has 0 aliphatic rings. The maximum Gasteiger partial charge on any atom is 0.336 e. The van der Waals surface area contributed by atoms with Crippen LogP contribution in [0.4, 0.5) is 5.69 Å². The molecule has 0 saturated carbocycles. The molecule has 0 aliphatic carbocycles. The maximum absolute atomic E-state index is 11.1. The Kier molecular flexibility index (Phi) is 3.28. The first-order valence-corrected chi connectivity index (χ1v) is 5.64. The van der Waals surface area contributed by atoms with Gasteiger partial charge in [-0.2, -0.15) is 0 Å². The van der Waals surface area contributed by atoms with Crippen LogP contribution < -0.4 is 10.5 Å². The van der Waals surface area contributed by atoms with Crippen LogP contribution in [0.2, 0.25) is 0 Å². The highest BCUT2D eigenvalue weighted by molar-refractivity contribution is 5.80. The molecule has 1 aromatic heterocycles. The summed E-state index contributed by atoms with van der Waals surface area (Å²) in [7, 11) is 0. The molecule has 1 heterocycles. The normalized spacial score (nSPS) is 10.4. The van der Waals surface area contributed by atoms with Gasteiger partial charge in [0, 0.05) is 30.2 Å². The number of anilines is 1.